The van der Waals surface area contributed by atoms with Crippen molar-refractivity contribution < 1.29 is 40.6 Å². The van der Waals surface area contributed by atoms with Crippen molar-refractivity contribution in [3.63, 3.8) is 0 Å². The second kappa shape index (κ2) is 5.81. The molecule has 110 valence electrons. The zero-order valence-corrected chi connectivity index (χ0v) is 9.42. The Kier molecular flexibility index (Phi) is 4.83. The van der Waals surface area contributed by atoms with Gasteiger partial charge in [-0.1, -0.05) is 0 Å². The van der Waals surface area contributed by atoms with Crippen molar-refractivity contribution in [2.45, 2.75) is 31.3 Å². The molecule has 1 saturated carbocycles. The molecule has 1 unspecified atom stereocenters. The van der Waals surface area contributed by atoms with Gasteiger partial charge in [-0.25, -0.2) is 4.39 Å². The molecule has 0 amide bonds. The molecule has 1 aliphatic rings. The Bertz CT molecular complexity index is 348. The first-order valence-corrected chi connectivity index (χ1v) is 5.22. The molecule has 9 heteroatoms. The maximum Gasteiger partial charge on any atom is 0.428 e. The average Bonchev–Trinajstić information content (AvgIpc) is 3.09. The highest BCUT2D eigenvalue weighted by atomic mass is 19.4. The van der Waals surface area contributed by atoms with Crippen LogP contribution < -0.4 is 0 Å². The van der Waals surface area contributed by atoms with Crippen molar-refractivity contribution in [1.29, 1.82) is 0 Å². The van der Waals surface area contributed by atoms with Crippen LogP contribution in [0.3, 0.4) is 0 Å². The average molecular weight is 292 g/mol. The van der Waals surface area contributed by atoms with Gasteiger partial charge in [0.15, 0.2) is 0 Å². The molecule has 0 N–H and O–H groups in total. The van der Waals surface area contributed by atoms with E-state index in [-0.39, 0.29) is 5.92 Å². The van der Waals surface area contributed by atoms with Gasteiger partial charge in [0.2, 0.25) is 0 Å². The lowest BCUT2D eigenvalue weighted by atomic mass is 10.3. The van der Waals surface area contributed by atoms with Crippen molar-refractivity contribution in [3.05, 3.63) is 12.3 Å². The van der Waals surface area contributed by atoms with Crippen LogP contribution in [0.2, 0.25) is 0 Å². The Labute approximate surface area is 104 Å². The van der Waals surface area contributed by atoms with Gasteiger partial charge >= 0.3 is 18.3 Å². The van der Waals surface area contributed by atoms with E-state index in [4.69, 9.17) is 0 Å². The Balaban J connectivity index is 2.30. The molecule has 3 nitrogen and oxygen atoms in total. The monoisotopic (exact) mass is 292 g/mol. The Morgan fingerprint density at radius 2 is 1.84 bits per heavy atom. The molecule has 1 atom stereocenters. The smallest absolute Gasteiger partial charge is 0.428 e. The predicted molar refractivity (Wildman–Crippen MR) is 49.8 cm³/mol. The molecule has 0 saturated heterocycles. The summed E-state index contributed by atoms with van der Waals surface area (Å²) in [4.78, 5) is 10.9. The zero-order chi connectivity index (χ0) is 14.7. The number of halogens is 6. The maximum atomic E-state index is 12.6. The SMILES string of the molecule is O=C(OC=CCOC(F)(F)C(F)C(F)(F)F)C1CC1. The molecule has 0 spiro atoms. The van der Waals surface area contributed by atoms with E-state index in [2.05, 4.69) is 9.47 Å². The van der Waals surface area contributed by atoms with Crippen LogP contribution in [0.15, 0.2) is 12.3 Å². The predicted octanol–water partition coefficient (Wildman–Crippen LogP) is 2.96. The van der Waals surface area contributed by atoms with Gasteiger partial charge in [-0.3, -0.25) is 4.79 Å². The normalized spacial score (nSPS) is 18.6. The van der Waals surface area contributed by atoms with Crippen molar-refractivity contribution >= 4 is 5.97 Å². The summed E-state index contributed by atoms with van der Waals surface area (Å²) in [5.74, 6) is -0.769. The van der Waals surface area contributed by atoms with E-state index >= 15 is 0 Å². The zero-order valence-electron chi connectivity index (χ0n) is 9.42. The highest BCUT2D eigenvalue weighted by Gasteiger charge is 2.58. The Morgan fingerprint density at radius 1 is 1.26 bits per heavy atom. The van der Waals surface area contributed by atoms with Crippen LogP contribution in [0.5, 0.6) is 0 Å². The molecule has 0 aromatic rings. The van der Waals surface area contributed by atoms with Gasteiger partial charge in [-0.15, -0.1) is 0 Å². The second-order valence-electron chi connectivity index (χ2n) is 3.86. The minimum atomic E-state index is -5.72. The number of alkyl halides is 6. The molecular formula is C10H10F6O3. The number of rotatable bonds is 6. The summed E-state index contributed by atoms with van der Waals surface area (Å²) in [6.07, 6.45) is -12.3. The number of ether oxygens (including phenoxy) is 2. The van der Waals surface area contributed by atoms with Gasteiger partial charge in [0, 0.05) is 0 Å². The van der Waals surface area contributed by atoms with Gasteiger partial charge in [0.05, 0.1) is 18.8 Å². The summed E-state index contributed by atoms with van der Waals surface area (Å²) in [6.45, 7) is -1.03. The van der Waals surface area contributed by atoms with Crippen LogP contribution in [0.25, 0.3) is 0 Å². The van der Waals surface area contributed by atoms with E-state index in [0.29, 0.717) is 12.8 Å². The first kappa shape index (κ1) is 15.8. The fourth-order valence-electron chi connectivity index (χ4n) is 0.993. The molecule has 0 heterocycles. The lowest BCUT2D eigenvalue weighted by molar-refractivity contribution is -0.332. The van der Waals surface area contributed by atoms with E-state index in [1.807, 2.05) is 0 Å². The van der Waals surface area contributed by atoms with Crippen LogP contribution in [0.1, 0.15) is 12.8 Å². The lowest BCUT2D eigenvalue weighted by Crippen LogP contribution is -2.43. The summed E-state index contributed by atoms with van der Waals surface area (Å²) < 4.78 is 80.5. The molecule has 1 fully saturated rings. The fraction of sp³-hybridized carbons (Fsp3) is 0.700. The molecular weight excluding hydrogens is 282 g/mol. The summed E-state index contributed by atoms with van der Waals surface area (Å²) in [6, 6.07) is 0. The number of carbonyl (C=O) groups excluding carboxylic acids is 1. The van der Waals surface area contributed by atoms with Crippen molar-refractivity contribution in [2.75, 3.05) is 6.61 Å². The minimum Gasteiger partial charge on any atom is -0.435 e. The third-order valence-electron chi connectivity index (χ3n) is 2.15. The van der Waals surface area contributed by atoms with Crippen molar-refractivity contribution in [3.8, 4) is 0 Å². The Morgan fingerprint density at radius 3 is 2.32 bits per heavy atom. The molecule has 0 aromatic carbocycles. The lowest BCUT2D eigenvalue weighted by Gasteiger charge is -2.21. The van der Waals surface area contributed by atoms with Gasteiger partial charge in [-0.2, -0.15) is 22.0 Å². The number of hydrogen-bond donors (Lipinski definition) is 0. The molecule has 0 aliphatic heterocycles. The van der Waals surface area contributed by atoms with Crippen molar-refractivity contribution in [2.24, 2.45) is 5.92 Å². The van der Waals surface area contributed by atoms with Crippen LogP contribution >= 0.6 is 0 Å². The largest absolute Gasteiger partial charge is 0.435 e. The number of hydrogen-bond acceptors (Lipinski definition) is 3. The molecule has 0 bridgehead atoms. The number of esters is 1. The summed E-state index contributed by atoms with van der Waals surface area (Å²) in [5, 5.41) is 0. The maximum absolute atomic E-state index is 12.6. The third kappa shape index (κ3) is 5.09. The van der Waals surface area contributed by atoms with E-state index in [0.717, 1.165) is 12.3 Å². The van der Waals surface area contributed by atoms with E-state index < -0.39 is 31.0 Å². The van der Waals surface area contributed by atoms with E-state index in [9.17, 15) is 31.1 Å². The molecule has 1 aliphatic carbocycles. The van der Waals surface area contributed by atoms with Crippen LogP contribution in [-0.4, -0.2) is 31.0 Å². The summed E-state index contributed by atoms with van der Waals surface area (Å²) in [7, 11) is 0. The second-order valence-corrected chi connectivity index (χ2v) is 3.86. The first-order chi connectivity index (χ1) is 8.64. The van der Waals surface area contributed by atoms with Gasteiger partial charge < -0.3 is 9.47 Å². The van der Waals surface area contributed by atoms with Crippen molar-refractivity contribution in [1.82, 2.24) is 0 Å². The van der Waals surface area contributed by atoms with Gasteiger partial charge in [0.1, 0.15) is 0 Å². The topological polar surface area (TPSA) is 35.5 Å². The van der Waals surface area contributed by atoms with Crippen LogP contribution in [0.4, 0.5) is 26.3 Å². The van der Waals surface area contributed by atoms with Crippen LogP contribution in [0, 0.1) is 5.92 Å². The molecule has 0 aromatic heterocycles. The standard InChI is InChI=1S/C10H10F6O3/c11-8(9(12,13)14)10(15,16)19-5-1-4-18-7(17)6-2-3-6/h1,4,6,8H,2-3,5H2. The highest BCUT2D eigenvalue weighted by molar-refractivity contribution is 5.75. The molecule has 0 radical (unpaired) electrons. The quantitative estimate of drug-likeness (QED) is 0.429. The van der Waals surface area contributed by atoms with Crippen LogP contribution in [-0.2, 0) is 14.3 Å². The third-order valence-corrected chi connectivity index (χ3v) is 2.15. The summed E-state index contributed by atoms with van der Waals surface area (Å²) >= 11 is 0. The van der Waals surface area contributed by atoms with Gasteiger partial charge in [-0.05, 0) is 18.9 Å². The molecule has 1 rings (SSSR count). The fourth-order valence-corrected chi connectivity index (χ4v) is 0.993. The van der Waals surface area contributed by atoms with E-state index in [1.165, 1.54) is 0 Å². The minimum absolute atomic E-state index is 0.215. The Hall–Kier alpha value is -1.25. The van der Waals surface area contributed by atoms with E-state index in [1.54, 1.807) is 0 Å². The summed E-state index contributed by atoms with van der Waals surface area (Å²) in [5.41, 5.74) is 0. The highest BCUT2D eigenvalue weighted by Crippen LogP contribution is 2.35. The first-order valence-electron chi connectivity index (χ1n) is 5.22. The number of carbonyl (C=O) groups is 1. The van der Waals surface area contributed by atoms with Gasteiger partial charge in [0.25, 0.3) is 6.17 Å². The molecule has 19 heavy (non-hydrogen) atoms.